The Labute approximate surface area is 124 Å². The fourth-order valence-corrected chi connectivity index (χ4v) is 3.85. The summed E-state index contributed by atoms with van der Waals surface area (Å²) in [5, 5.41) is 2.06. The van der Waals surface area contributed by atoms with Crippen LogP contribution < -0.4 is 5.73 Å². The van der Waals surface area contributed by atoms with E-state index in [1.54, 1.807) is 22.7 Å². The summed E-state index contributed by atoms with van der Waals surface area (Å²) >= 11 is 6.89. The van der Waals surface area contributed by atoms with E-state index in [9.17, 15) is 0 Å². The van der Waals surface area contributed by atoms with Gasteiger partial charge in [0.05, 0.1) is 10.4 Å². The number of thiophene rings is 2. The first kappa shape index (κ1) is 14.2. The monoisotopic (exact) mass is 345 g/mol. The molecule has 0 saturated carbocycles. The second-order valence-electron chi connectivity index (χ2n) is 4.02. The molecule has 2 nitrogen and oxygen atoms in total. The molecule has 2 heterocycles. The van der Waals surface area contributed by atoms with Crippen LogP contribution in [0.5, 0.6) is 0 Å². The maximum Gasteiger partial charge on any atom is 0.107 e. The van der Waals surface area contributed by atoms with Crippen molar-refractivity contribution in [3.63, 3.8) is 0 Å². The highest BCUT2D eigenvalue weighted by molar-refractivity contribution is 9.11. The summed E-state index contributed by atoms with van der Waals surface area (Å²) in [4.78, 5) is 2.42. The van der Waals surface area contributed by atoms with E-state index in [1.165, 1.54) is 9.75 Å². The third-order valence-corrected chi connectivity index (χ3v) is 5.25. The van der Waals surface area contributed by atoms with Gasteiger partial charge >= 0.3 is 0 Å². The Hall–Kier alpha value is -0.200. The predicted octanol–water partition coefficient (Wildman–Crippen LogP) is 4.57. The smallest absolute Gasteiger partial charge is 0.107 e. The second kappa shape index (κ2) is 6.82. The van der Waals surface area contributed by atoms with Crippen LogP contribution in [0.3, 0.4) is 0 Å². The van der Waals surface area contributed by atoms with Crippen LogP contribution in [-0.4, -0.2) is 6.04 Å². The zero-order valence-corrected chi connectivity index (χ0v) is 13.4. The third kappa shape index (κ3) is 3.65. The molecule has 2 aromatic heterocycles. The number of nitrogens with two attached hydrogens (primary N) is 1. The van der Waals surface area contributed by atoms with Gasteiger partial charge in [0.25, 0.3) is 0 Å². The van der Waals surface area contributed by atoms with Gasteiger partial charge in [-0.15, -0.1) is 22.7 Å². The van der Waals surface area contributed by atoms with Crippen LogP contribution in [-0.2, 0) is 11.3 Å². The van der Waals surface area contributed by atoms with E-state index in [4.69, 9.17) is 10.5 Å². The maximum absolute atomic E-state index is 6.17. The average molecular weight is 346 g/mol. The van der Waals surface area contributed by atoms with Crippen LogP contribution in [0.15, 0.2) is 33.4 Å². The van der Waals surface area contributed by atoms with Crippen LogP contribution in [0.4, 0.5) is 0 Å². The molecule has 0 saturated heterocycles. The summed E-state index contributed by atoms with van der Waals surface area (Å²) < 4.78 is 7.13. The Balaban J connectivity index is 2.05. The molecule has 0 bridgehead atoms. The van der Waals surface area contributed by atoms with E-state index in [2.05, 4.69) is 40.4 Å². The molecular weight excluding hydrogens is 330 g/mol. The van der Waals surface area contributed by atoms with E-state index in [-0.39, 0.29) is 12.1 Å². The standard InChI is InChI=1S/C13H16BrNOS2/c1-2-10(15)13(11-5-6-12(14)18-11)16-8-9-4-3-7-17-9/h3-7,10,13H,2,8,15H2,1H3. The van der Waals surface area contributed by atoms with Crippen LogP contribution >= 0.6 is 38.6 Å². The maximum atomic E-state index is 6.17. The Bertz CT molecular complexity index is 469. The molecule has 0 aliphatic carbocycles. The van der Waals surface area contributed by atoms with Gasteiger partial charge in [-0.1, -0.05) is 13.0 Å². The predicted molar refractivity (Wildman–Crippen MR) is 82.1 cm³/mol. The molecule has 2 unspecified atom stereocenters. The lowest BCUT2D eigenvalue weighted by atomic mass is 10.1. The molecule has 2 atom stereocenters. The molecule has 0 radical (unpaired) electrons. The third-order valence-electron chi connectivity index (χ3n) is 2.72. The lowest BCUT2D eigenvalue weighted by Gasteiger charge is -2.22. The molecule has 5 heteroatoms. The molecule has 2 aromatic rings. The zero-order chi connectivity index (χ0) is 13.0. The molecule has 0 aromatic carbocycles. The molecule has 0 amide bonds. The van der Waals surface area contributed by atoms with Gasteiger partial charge in [-0.2, -0.15) is 0 Å². The van der Waals surface area contributed by atoms with Gasteiger partial charge in [0.15, 0.2) is 0 Å². The fraction of sp³-hybridized carbons (Fsp3) is 0.385. The summed E-state index contributed by atoms with van der Waals surface area (Å²) in [5.74, 6) is 0. The fourth-order valence-electron chi connectivity index (χ4n) is 1.68. The summed E-state index contributed by atoms with van der Waals surface area (Å²) in [6, 6.07) is 8.30. The molecule has 2 rings (SSSR count). The Morgan fingerprint density at radius 1 is 1.39 bits per heavy atom. The number of ether oxygens (including phenoxy) is 1. The summed E-state index contributed by atoms with van der Waals surface area (Å²) in [5.41, 5.74) is 6.17. The molecule has 2 N–H and O–H groups in total. The first-order chi connectivity index (χ1) is 8.70. The van der Waals surface area contributed by atoms with Gasteiger partial charge in [-0.05, 0) is 45.9 Å². The molecule has 0 aliphatic heterocycles. The summed E-state index contributed by atoms with van der Waals surface area (Å²) in [7, 11) is 0. The van der Waals surface area contributed by atoms with Crippen molar-refractivity contribution in [3.8, 4) is 0 Å². The lowest BCUT2D eigenvalue weighted by Crippen LogP contribution is -2.28. The Kier molecular flexibility index (Phi) is 5.38. The second-order valence-corrected chi connectivity index (χ2v) is 7.55. The molecular formula is C13H16BrNOS2. The van der Waals surface area contributed by atoms with Gasteiger partial charge in [-0.25, -0.2) is 0 Å². The summed E-state index contributed by atoms with van der Waals surface area (Å²) in [6.45, 7) is 2.72. The number of halogens is 1. The quantitative estimate of drug-likeness (QED) is 0.832. The number of hydrogen-bond acceptors (Lipinski definition) is 4. The summed E-state index contributed by atoms with van der Waals surface area (Å²) in [6.07, 6.45) is 0.887. The Morgan fingerprint density at radius 3 is 2.78 bits per heavy atom. The van der Waals surface area contributed by atoms with Crippen molar-refractivity contribution in [1.82, 2.24) is 0 Å². The minimum atomic E-state index is -0.0200. The van der Waals surface area contributed by atoms with Crippen molar-refractivity contribution >= 4 is 38.6 Å². The van der Waals surface area contributed by atoms with Crippen LogP contribution in [0.25, 0.3) is 0 Å². The lowest BCUT2D eigenvalue weighted by molar-refractivity contribution is 0.0251. The van der Waals surface area contributed by atoms with E-state index >= 15 is 0 Å². The Morgan fingerprint density at radius 2 is 2.22 bits per heavy atom. The van der Waals surface area contributed by atoms with Gasteiger partial charge in [0.2, 0.25) is 0 Å². The highest BCUT2D eigenvalue weighted by Crippen LogP contribution is 2.32. The van der Waals surface area contributed by atoms with Gasteiger partial charge in [-0.3, -0.25) is 0 Å². The SMILES string of the molecule is CCC(N)C(OCc1cccs1)c1ccc(Br)s1. The average Bonchev–Trinajstić information content (AvgIpc) is 3.01. The number of rotatable bonds is 6. The largest absolute Gasteiger partial charge is 0.366 e. The molecule has 18 heavy (non-hydrogen) atoms. The van der Waals surface area contributed by atoms with Gasteiger partial charge in [0.1, 0.15) is 6.10 Å². The van der Waals surface area contributed by atoms with E-state index < -0.39 is 0 Å². The zero-order valence-electron chi connectivity index (χ0n) is 10.1. The van der Waals surface area contributed by atoms with Crippen molar-refractivity contribution in [1.29, 1.82) is 0 Å². The van der Waals surface area contributed by atoms with E-state index in [0.717, 1.165) is 10.2 Å². The van der Waals surface area contributed by atoms with E-state index in [0.29, 0.717) is 6.61 Å². The van der Waals surface area contributed by atoms with Crippen molar-refractivity contribution < 1.29 is 4.74 Å². The van der Waals surface area contributed by atoms with Crippen LogP contribution in [0.1, 0.15) is 29.2 Å². The first-order valence-corrected chi connectivity index (χ1v) is 8.34. The molecule has 0 aliphatic rings. The normalized spacial score (nSPS) is 14.6. The molecule has 98 valence electrons. The van der Waals surface area contributed by atoms with Crippen LogP contribution in [0, 0.1) is 0 Å². The molecule has 0 spiro atoms. The van der Waals surface area contributed by atoms with E-state index in [1.807, 2.05) is 12.1 Å². The topological polar surface area (TPSA) is 35.2 Å². The van der Waals surface area contributed by atoms with Crippen molar-refractivity contribution in [2.45, 2.75) is 32.1 Å². The first-order valence-electron chi connectivity index (χ1n) is 5.85. The minimum Gasteiger partial charge on any atom is -0.366 e. The van der Waals surface area contributed by atoms with Crippen LogP contribution in [0.2, 0.25) is 0 Å². The number of hydrogen-bond donors (Lipinski definition) is 1. The van der Waals surface area contributed by atoms with Gasteiger partial charge in [0, 0.05) is 15.8 Å². The highest BCUT2D eigenvalue weighted by atomic mass is 79.9. The van der Waals surface area contributed by atoms with Crippen molar-refractivity contribution in [2.24, 2.45) is 5.73 Å². The minimum absolute atomic E-state index is 0.0200. The molecule has 0 fully saturated rings. The highest BCUT2D eigenvalue weighted by Gasteiger charge is 2.21. The van der Waals surface area contributed by atoms with Gasteiger partial charge < -0.3 is 10.5 Å². The van der Waals surface area contributed by atoms with Crippen molar-refractivity contribution in [2.75, 3.05) is 0 Å². The van der Waals surface area contributed by atoms with Crippen molar-refractivity contribution in [3.05, 3.63) is 43.2 Å².